The minimum atomic E-state index is -1.52. The minimum absolute atomic E-state index is 0.0572. The normalized spacial score (nSPS) is 11.7. The van der Waals surface area contributed by atoms with Crippen molar-refractivity contribution in [1.29, 1.82) is 0 Å². The van der Waals surface area contributed by atoms with Gasteiger partial charge in [0.1, 0.15) is 5.67 Å². The number of aromatic nitrogens is 1. The maximum atomic E-state index is 13.4. The third-order valence-electron chi connectivity index (χ3n) is 1.52. The number of carbonyl (C=O) groups is 1. The van der Waals surface area contributed by atoms with Gasteiger partial charge in [-0.2, -0.15) is 0 Å². The molecule has 72 valence electrons. The summed E-state index contributed by atoms with van der Waals surface area (Å²) in [6, 6.07) is 0. The van der Waals surface area contributed by atoms with Gasteiger partial charge in [0, 0.05) is 0 Å². The highest BCUT2D eigenvalue weighted by Gasteiger charge is 2.26. The van der Waals surface area contributed by atoms with Crippen LogP contribution >= 0.6 is 11.3 Å². The molecule has 0 spiro atoms. The number of hydrogen-bond donors (Lipinski definition) is 1. The van der Waals surface area contributed by atoms with E-state index in [9.17, 15) is 9.18 Å². The van der Waals surface area contributed by atoms with Gasteiger partial charge in [-0.05, 0) is 20.8 Å². The van der Waals surface area contributed by atoms with E-state index >= 15 is 0 Å². The molecule has 0 bridgehead atoms. The van der Waals surface area contributed by atoms with E-state index in [4.69, 9.17) is 5.11 Å². The Kier molecular flexibility index (Phi) is 2.38. The van der Waals surface area contributed by atoms with E-state index in [0.29, 0.717) is 10.6 Å². The van der Waals surface area contributed by atoms with Crippen molar-refractivity contribution in [3.63, 3.8) is 0 Å². The summed E-state index contributed by atoms with van der Waals surface area (Å²) in [5.74, 6) is -1.11. The summed E-state index contributed by atoms with van der Waals surface area (Å²) < 4.78 is 13.4. The number of rotatable bonds is 2. The Morgan fingerprint density at radius 3 is 2.38 bits per heavy atom. The summed E-state index contributed by atoms with van der Waals surface area (Å²) in [7, 11) is 0. The topological polar surface area (TPSA) is 50.2 Å². The average Bonchev–Trinajstić information content (AvgIpc) is 2.29. The number of alkyl halides is 1. The predicted octanol–water partition coefficient (Wildman–Crippen LogP) is 2.35. The van der Waals surface area contributed by atoms with Crippen molar-refractivity contribution in [2.75, 3.05) is 0 Å². The number of aromatic carboxylic acids is 1. The van der Waals surface area contributed by atoms with Gasteiger partial charge in [-0.15, -0.1) is 11.3 Å². The van der Waals surface area contributed by atoms with E-state index < -0.39 is 11.6 Å². The second-order valence-electron chi connectivity index (χ2n) is 3.21. The highest BCUT2D eigenvalue weighted by molar-refractivity contribution is 7.13. The van der Waals surface area contributed by atoms with Crippen LogP contribution in [0.4, 0.5) is 4.39 Å². The van der Waals surface area contributed by atoms with Gasteiger partial charge in [0.25, 0.3) is 0 Å². The van der Waals surface area contributed by atoms with Crippen molar-refractivity contribution in [3.8, 4) is 0 Å². The number of aryl methyl sites for hydroxylation is 1. The summed E-state index contributed by atoms with van der Waals surface area (Å²) in [6.07, 6.45) is 0. The molecule has 0 amide bonds. The van der Waals surface area contributed by atoms with Crippen LogP contribution in [0.5, 0.6) is 0 Å². The summed E-state index contributed by atoms with van der Waals surface area (Å²) in [6.45, 7) is 4.39. The van der Waals surface area contributed by atoms with Gasteiger partial charge in [0.05, 0.1) is 10.6 Å². The van der Waals surface area contributed by atoms with Crippen molar-refractivity contribution in [2.24, 2.45) is 0 Å². The van der Waals surface area contributed by atoms with Crippen molar-refractivity contribution in [1.82, 2.24) is 4.98 Å². The lowest BCUT2D eigenvalue weighted by atomic mass is 10.1. The Hall–Kier alpha value is -0.970. The maximum Gasteiger partial charge on any atom is 0.365 e. The maximum absolute atomic E-state index is 13.4. The molecule has 0 aromatic carbocycles. The van der Waals surface area contributed by atoms with Crippen LogP contribution in [0.2, 0.25) is 0 Å². The van der Waals surface area contributed by atoms with Gasteiger partial charge < -0.3 is 5.11 Å². The monoisotopic (exact) mass is 203 g/mol. The molecule has 0 saturated carbocycles. The third-order valence-corrected chi connectivity index (χ3v) is 2.96. The highest BCUT2D eigenvalue weighted by atomic mass is 32.1. The number of hydrogen-bond acceptors (Lipinski definition) is 3. The Balaban J connectivity index is 3.18. The molecule has 1 N–H and O–H groups in total. The van der Waals surface area contributed by atoms with Crippen LogP contribution in [0, 0.1) is 6.92 Å². The summed E-state index contributed by atoms with van der Waals surface area (Å²) in [5, 5.41) is 8.56. The molecule has 13 heavy (non-hydrogen) atoms. The lowest BCUT2D eigenvalue weighted by Gasteiger charge is -2.11. The van der Waals surface area contributed by atoms with Gasteiger partial charge in [-0.1, -0.05) is 0 Å². The van der Waals surface area contributed by atoms with Crippen molar-refractivity contribution < 1.29 is 14.3 Å². The molecular formula is C8H10FNO2S. The molecule has 0 saturated heterocycles. The molecule has 0 radical (unpaired) electrons. The first-order chi connectivity index (χ1) is 5.82. The van der Waals surface area contributed by atoms with Crippen molar-refractivity contribution in [2.45, 2.75) is 26.4 Å². The second-order valence-corrected chi connectivity index (χ2v) is 4.21. The number of nitrogens with zero attached hydrogens (tertiary/aromatic N) is 1. The number of carboxylic acid groups (broad SMARTS) is 1. The SMILES string of the molecule is Cc1nc(C(=O)O)sc1C(C)(C)F. The summed E-state index contributed by atoms with van der Waals surface area (Å²) >= 11 is 0.889. The quantitative estimate of drug-likeness (QED) is 0.802. The fraction of sp³-hybridized carbons (Fsp3) is 0.500. The molecule has 0 atom stereocenters. The fourth-order valence-corrected chi connectivity index (χ4v) is 1.94. The van der Waals surface area contributed by atoms with Gasteiger partial charge in [0.2, 0.25) is 5.01 Å². The van der Waals surface area contributed by atoms with Crippen molar-refractivity contribution >= 4 is 17.3 Å². The molecule has 0 aliphatic rings. The fourth-order valence-electron chi connectivity index (χ4n) is 1.04. The average molecular weight is 203 g/mol. The molecule has 0 aliphatic carbocycles. The van der Waals surface area contributed by atoms with Crippen LogP contribution in [0.3, 0.4) is 0 Å². The van der Waals surface area contributed by atoms with Gasteiger partial charge in [-0.25, -0.2) is 14.2 Å². The van der Waals surface area contributed by atoms with E-state index in [1.54, 1.807) is 6.92 Å². The highest BCUT2D eigenvalue weighted by Crippen LogP contribution is 2.32. The van der Waals surface area contributed by atoms with E-state index in [0.717, 1.165) is 11.3 Å². The van der Waals surface area contributed by atoms with Crippen LogP contribution in [-0.4, -0.2) is 16.1 Å². The summed E-state index contributed by atoms with van der Waals surface area (Å²) in [5.41, 5.74) is -1.06. The molecule has 0 unspecified atom stereocenters. The van der Waals surface area contributed by atoms with Gasteiger partial charge in [0.15, 0.2) is 0 Å². The number of thiazole rings is 1. The van der Waals surface area contributed by atoms with Crippen LogP contribution in [0.1, 0.15) is 34.2 Å². The van der Waals surface area contributed by atoms with Gasteiger partial charge in [-0.3, -0.25) is 0 Å². The van der Waals surface area contributed by atoms with E-state index in [1.165, 1.54) is 13.8 Å². The molecular weight excluding hydrogens is 193 g/mol. The molecule has 1 aromatic heterocycles. The lowest BCUT2D eigenvalue weighted by Crippen LogP contribution is -2.07. The van der Waals surface area contributed by atoms with E-state index in [-0.39, 0.29) is 5.01 Å². The van der Waals surface area contributed by atoms with Crippen LogP contribution in [0.25, 0.3) is 0 Å². The van der Waals surface area contributed by atoms with Crippen molar-refractivity contribution in [3.05, 3.63) is 15.6 Å². The Morgan fingerprint density at radius 1 is 1.62 bits per heavy atom. The second kappa shape index (κ2) is 3.06. The molecule has 5 heteroatoms. The van der Waals surface area contributed by atoms with Crippen LogP contribution < -0.4 is 0 Å². The van der Waals surface area contributed by atoms with Crippen LogP contribution in [0.15, 0.2) is 0 Å². The molecule has 1 rings (SSSR count). The lowest BCUT2D eigenvalue weighted by molar-refractivity contribution is 0.0696. The first kappa shape index (κ1) is 10.1. The zero-order valence-electron chi connectivity index (χ0n) is 7.59. The molecule has 3 nitrogen and oxygen atoms in total. The first-order valence-corrected chi connectivity index (χ1v) is 4.54. The molecule has 0 aliphatic heterocycles. The Bertz CT molecular complexity index is 340. The minimum Gasteiger partial charge on any atom is -0.476 e. The third kappa shape index (κ3) is 2.03. The Morgan fingerprint density at radius 2 is 2.15 bits per heavy atom. The predicted molar refractivity (Wildman–Crippen MR) is 47.9 cm³/mol. The van der Waals surface area contributed by atoms with Crippen LogP contribution in [-0.2, 0) is 5.67 Å². The zero-order chi connectivity index (χ0) is 10.2. The van der Waals surface area contributed by atoms with E-state index in [1.807, 2.05) is 0 Å². The zero-order valence-corrected chi connectivity index (χ0v) is 8.41. The van der Waals surface area contributed by atoms with E-state index in [2.05, 4.69) is 4.98 Å². The van der Waals surface area contributed by atoms with Gasteiger partial charge >= 0.3 is 5.97 Å². The summed E-state index contributed by atoms with van der Waals surface area (Å²) in [4.78, 5) is 14.7. The Labute approximate surface area is 79.2 Å². The largest absolute Gasteiger partial charge is 0.476 e. The molecule has 0 fully saturated rings. The first-order valence-electron chi connectivity index (χ1n) is 3.72. The number of halogens is 1. The number of carboxylic acids is 1. The smallest absolute Gasteiger partial charge is 0.365 e. The standard InChI is InChI=1S/C8H10FNO2S/c1-4-5(8(2,3)9)13-6(10-4)7(11)12/h1-3H3,(H,11,12). The molecule has 1 aromatic rings. The molecule has 1 heterocycles.